The molecule has 2 spiro atoms. The molecule has 2 amide bonds. The fourth-order valence-electron chi connectivity index (χ4n) is 6.98. The number of aliphatic hydroxyl groups excluding tert-OH is 2. The Bertz CT molecular complexity index is 1630. The van der Waals surface area contributed by atoms with Gasteiger partial charge in [0.2, 0.25) is 0 Å². The molecule has 2 aliphatic heterocycles. The molecule has 0 radical (unpaired) electrons. The molecule has 2 saturated carbocycles. The number of methoxy groups -OCH3 is 3. The Balaban J connectivity index is 0.000000180. The monoisotopic (exact) mass is 740 g/mol. The second-order valence-corrected chi connectivity index (χ2v) is 14.3. The Morgan fingerprint density at radius 2 is 1.20 bits per heavy atom. The highest BCUT2D eigenvalue weighted by Gasteiger charge is 2.50. The fourth-order valence-corrected chi connectivity index (χ4v) is 7.47. The number of ether oxygens (including phenoxy) is 3. The van der Waals surface area contributed by atoms with Crippen LogP contribution in [0.5, 0.6) is 0 Å². The molecule has 4 N–H and O–H groups in total. The van der Waals surface area contributed by atoms with Crippen molar-refractivity contribution in [3.63, 3.8) is 0 Å². The maximum absolute atomic E-state index is 12.5. The Hall–Kier alpha value is -3.67. The van der Waals surface area contributed by atoms with Gasteiger partial charge in [0.15, 0.2) is 5.57 Å². The van der Waals surface area contributed by atoms with Gasteiger partial charge in [0.25, 0.3) is 11.8 Å². The number of aryl methyl sites for hydroxylation is 4. The molecule has 6 rings (SSSR count). The molecule has 4 aliphatic rings. The summed E-state index contributed by atoms with van der Waals surface area (Å²) in [4.78, 5) is 35.7. The minimum Gasteiger partial charge on any atom is -0.509 e. The zero-order valence-electron chi connectivity index (χ0n) is 29.5. The van der Waals surface area contributed by atoms with Crippen LogP contribution in [0.1, 0.15) is 79.2 Å². The van der Waals surface area contributed by atoms with E-state index >= 15 is 0 Å². The smallest absolute Gasteiger partial charge is 0.347 e. The van der Waals surface area contributed by atoms with Gasteiger partial charge in [-0.15, -0.1) is 0 Å². The maximum atomic E-state index is 12.5. The van der Waals surface area contributed by atoms with Crippen LogP contribution in [-0.4, -0.2) is 72.6 Å². The lowest BCUT2D eigenvalue weighted by Crippen LogP contribution is -2.48. The first kappa shape index (κ1) is 38.1. The van der Waals surface area contributed by atoms with Gasteiger partial charge in [-0.05, 0) is 107 Å². The quantitative estimate of drug-likeness (QED) is 0.205. The third kappa shape index (κ3) is 8.22. The third-order valence-electron chi connectivity index (χ3n) is 10.2. The average molecular weight is 742 g/mol. The van der Waals surface area contributed by atoms with Gasteiger partial charge in [-0.25, -0.2) is 4.79 Å². The normalized spacial score (nSPS) is 26.1. The summed E-state index contributed by atoms with van der Waals surface area (Å²) in [6, 6.07) is 12.3. The van der Waals surface area contributed by atoms with Gasteiger partial charge in [0.05, 0.1) is 36.0 Å². The number of amides is 2. The zero-order chi connectivity index (χ0) is 36.1. The minimum atomic E-state index is -0.810. The van der Waals surface area contributed by atoms with Gasteiger partial charge in [0, 0.05) is 18.7 Å². The molecule has 266 valence electrons. The summed E-state index contributed by atoms with van der Waals surface area (Å²) in [6.07, 6.45) is 6.08. The SMILES string of the molecule is COC(=O)C1=C(O)C2(CCC(OC)CC2)NC1=O.COC1CCC2(CC1)NC(=O)C(c1cc(C)ccc1C)=C2O.Cc1ccc(C)c(Br)c1. The van der Waals surface area contributed by atoms with Crippen molar-refractivity contribution in [2.45, 2.75) is 102 Å². The van der Waals surface area contributed by atoms with Crippen molar-refractivity contribution in [3.05, 3.63) is 85.8 Å². The van der Waals surface area contributed by atoms with E-state index in [1.165, 1.54) is 22.7 Å². The van der Waals surface area contributed by atoms with Crippen LogP contribution < -0.4 is 10.6 Å². The first-order chi connectivity index (χ1) is 23.2. The lowest BCUT2D eigenvalue weighted by molar-refractivity contribution is -0.138. The van der Waals surface area contributed by atoms with Gasteiger partial charge in [-0.3, -0.25) is 9.59 Å². The van der Waals surface area contributed by atoms with E-state index in [4.69, 9.17) is 9.47 Å². The van der Waals surface area contributed by atoms with Gasteiger partial charge in [0.1, 0.15) is 11.5 Å². The van der Waals surface area contributed by atoms with Crippen molar-refractivity contribution in [1.82, 2.24) is 10.6 Å². The Kier molecular flexibility index (Phi) is 12.4. The molecule has 0 saturated heterocycles. The summed E-state index contributed by atoms with van der Waals surface area (Å²) in [5.74, 6) is -1.50. The van der Waals surface area contributed by atoms with Crippen molar-refractivity contribution in [2.24, 2.45) is 0 Å². The van der Waals surface area contributed by atoms with Crippen LogP contribution in [-0.2, 0) is 28.6 Å². The Labute approximate surface area is 297 Å². The maximum Gasteiger partial charge on any atom is 0.347 e. The molecular formula is C38H49BrN2O8. The molecule has 11 heteroatoms. The van der Waals surface area contributed by atoms with Crippen LogP contribution >= 0.6 is 15.9 Å². The van der Waals surface area contributed by atoms with E-state index in [0.717, 1.165) is 55.2 Å². The second-order valence-electron chi connectivity index (χ2n) is 13.5. The number of aliphatic hydroxyl groups is 2. The second kappa shape index (κ2) is 15.9. The molecule has 10 nitrogen and oxygen atoms in total. The van der Waals surface area contributed by atoms with Gasteiger partial charge in [-0.2, -0.15) is 0 Å². The number of rotatable bonds is 4. The summed E-state index contributed by atoms with van der Waals surface area (Å²) < 4.78 is 16.3. The molecule has 2 aromatic carbocycles. The minimum absolute atomic E-state index is 0.141. The standard InChI is InChI=1S/C18H23NO3.C12H17NO5.C8H9Br/c1-11-4-5-12(2)14(10-11)15-16(20)18(19-17(15)21)8-6-13(22-3)7-9-18;1-17-7-3-5-12(6-4-7)9(14)8(10(15)13-12)11(16)18-2;1-6-3-4-7(2)8(9)5-6/h4-5,10,13,20H,6-9H2,1-3H3,(H,19,21);7,14H,3-6H2,1-2H3,(H,13,15);3-5H,1-2H3. The number of carbonyl (C=O) groups is 3. The van der Waals surface area contributed by atoms with E-state index in [-0.39, 0.29) is 35.2 Å². The molecule has 2 aromatic rings. The highest BCUT2D eigenvalue weighted by Crippen LogP contribution is 2.43. The third-order valence-corrected chi connectivity index (χ3v) is 11.0. The van der Waals surface area contributed by atoms with Crippen LogP contribution in [0.4, 0.5) is 0 Å². The summed E-state index contributed by atoms with van der Waals surface area (Å²) in [7, 11) is 4.54. The first-order valence-corrected chi connectivity index (χ1v) is 17.5. The van der Waals surface area contributed by atoms with Crippen LogP contribution in [0.15, 0.2) is 58.0 Å². The molecule has 0 bridgehead atoms. The largest absolute Gasteiger partial charge is 0.509 e. The van der Waals surface area contributed by atoms with Crippen molar-refractivity contribution >= 4 is 39.3 Å². The van der Waals surface area contributed by atoms with Gasteiger partial charge in [-0.1, -0.05) is 51.8 Å². The number of esters is 1. The molecule has 2 heterocycles. The summed E-state index contributed by atoms with van der Waals surface area (Å²) >= 11 is 3.45. The zero-order valence-corrected chi connectivity index (χ0v) is 31.1. The molecule has 0 aromatic heterocycles. The van der Waals surface area contributed by atoms with Crippen LogP contribution in [0.3, 0.4) is 0 Å². The van der Waals surface area contributed by atoms with E-state index in [9.17, 15) is 24.6 Å². The number of hydrogen-bond donors (Lipinski definition) is 4. The van der Waals surface area contributed by atoms with E-state index in [2.05, 4.69) is 63.3 Å². The molecule has 0 atom stereocenters. The number of nitrogens with one attached hydrogen (secondary N) is 2. The molecule has 2 aliphatic carbocycles. The molecule has 49 heavy (non-hydrogen) atoms. The predicted molar refractivity (Wildman–Crippen MR) is 191 cm³/mol. The summed E-state index contributed by atoms with van der Waals surface area (Å²) in [5, 5.41) is 26.7. The summed E-state index contributed by atoms with van der Waals surface area (Å²) in [5.41, 5.74) is 4.27. The van der Waals surface area contributed by atoms with E-state index in [1.807, 2.05) is 32.0 Å². The topological polar surface area (TPSA) is 143 Å². The van der Waals surface area contributed by atoms with Crippen LogP contribution in [0, 0.1) is 27.7 Å². The van der Waals surface area contributed by atoms with Crippen LogP contribution in [0.25, 0.3) is 5.57 Å². The van der Waals surface area contributed by atoms with Crippen molar-refractivity contribution in [2.75, 3.05) is 21.3 Å². The molecular weight excluding hydrogens is 692 g/mol. The van der Waals surface area contributed by atoms with Gasteiger partial charge < -0.3 is 35.1 Å². The van der Waals surface area contributed by atoms with Gasteiger partial charge >= 0.3 is 5.97 Å². The van der Waals surface area contributed by atoms with Crippen molar-refractivity contribution in [1.29, 1.82) is 0 Å². The lowest BCUT2D eigenvalue weighted by atomic mass is 9.79. The van der Waals surface area contributed by atoms with Crippen LogP contribution in [0.2, 0.25) is 0 Å². The number of hydrogen-bond acceptors (Lipinski definition) is 8. The van der Waals surface area contributed by atoms with E-state index < -0.39 is 23.0 Å². The fraction of sp³-hybridized carbons (Fsp3) is 0.500. The predicted octanol–water partition coefficient (Wildman–Crippen LogP) is 6.53. The average Bonchev–Trinajstić information content (AvgIpc) is 3.47. The molecule has 2 fully saturated rings. The molecule has 0 unspecified atom stereocenters. The van der Waals surface area contributed by atoms with Crippen molar-refractivity contribution in [3.8, 4) is 0 Å². The lowest BCUT2D eigenvalue weighted by Gasteiger charge is -2.36. The Morgan fingerprint density at radius 1 is 0.735 bits per heavy atom. The summed E-state index contributed by atoms with van der Waals surface area (Å²) in [6.45, 7) is 8.13. The highest BCUT2D eigenvalue weighted by molar-refractivity contribution is 9.10. The first-order valence-electron chi connectivity index (χ1n) is 16.7. The number of carbonyl (C=O) groups excluding carboxylic acids is 3. The Morgan fingerprint density at radius 3 is 1.67 bits per heavy atom. The highest BCUT2D eigenvalue weighted by atomic mass is 79.9. The van der Waals surface area contributed by atoms with E-state index in [1.54, 1.807) is 14.2 Å². The number of halogens is 1. The van der Waals surface area contributed by atoms with E-state index in [0.29, 0.717) is 18.4 Å². The van der Waals surface area contributed by atoms with Crippen molar-refractivity contribution < 1.29 is 38.8 Å². The number of benzene rings is 2.